The molecule has 14 heteroatoms. The zero-order valence-corrected chi connectivity index (χ0v) is 27.3. The Balaban J connectivity index is 3.38. The molecule has 0 aromatic rings. The summed E-state index contributed by atoms with van der Waals surface area (Å²) in [4.78, 5) is 12.2. The molecule has 0 unspecified atom stereocenters. The van der Waals surface area contributed by atoms with Crippen molar-refractivity contribution in [3.05, 3.63) is 0 Å². The van der Waals surface area contributed by atoms with Crippen LogP contribution >= 0.6 is 0 Å². The Labute approximate surface area is 248 Å². The minimum atomic E-state index is 0.0279. The molecule has 0 N–H and O–H groups in total. The molecule has 41 heavy (non-hydrogen) atoms. The lowest BCUT2D eigenvalue weighted by Crippen LogP contribution is -2.59. The summed E-state index contributed by atoms with van der Waals surface area (Å²) >= 11 is 0. The van der Waals surface area contributed by atoms with Crippen molar-refractivity contribution in [3.8, 4) is 0 Å². The molecule has 0 fully saturated rings. The Morgan fingerprint density at radius 1 is 0.341 bits per heavy atom. The van der Waals surface area contributed by atoms with Crippen molar-refractivity contribution < 1.29 is 66.6 Å². The predicted octanol–water partition coefficient (Wildman–Crippen LogP) is 0.708. The van der Waals surface area contributed by atoms with Crippen molar-refractivity contribution in [1.82, 2.24) is 0 Å². The van der Waals surface area contributed by atoms with E-state index in [0.717, 1.165) is 6.42 Å². The van der Waals surface area contributed by atoms with E-state index >= 15 is 0 Å². The molecule has 0 aliphatic heterocycles. The Morgan fingerprint density at radius 3 is 0.829 bits per heavy atom. The highest BCUT2D eigenvalue weighted by Crippen LogP contribution is 2.15. The predicted molar refractivity (Wildman–Crippen MR) is 152 cm³/mol. The van der Waals surface area contributed by atoms with Crippen LogP contribution in [-0.4, -0.2) is 189 Å². The molecule has 0 atom stereocenters. The standard InChI is InChI=1S/C27H62N3O11/c1-28(2,3)40-30(7,41-29(4,5)6)10-9-11-32-14-15-34-18-19-36-22-23-38-26-27-39-25-24-37-21-20-35-17-16-33-13-12-31-8/h9-27H2,1-8H3/q+3. The Morgan fingerprint density at radius 2 is 0.585 bits per heavy atom. The number of methoxy groups -OCH3 is 1. The quantitative estimate of drug-likeness (QED) is 0.0617. The van der Waals surface area contributed by atoms with Gasteiger partial charge in [-0.15, -0.1) is 9.29 Å². The fourth-order valence-electron chi connectivity index (χ4n) is 3.37. The minimum absolute atomic E-state index is 0.0279. The molecule has 248 valence electrons. The molecule has 0 aromatic heterocycles. The molecule has 14 nitrogen and oxygen atoms in total. The lowest BCUT2D eigenvalue weighted by atomic mass is 10.4. The van der Waals surface area contributed by atoms with E-state index in [2.05, 4.69) is 0 Å². The number of ether oxygens (including phenoxy) is 9. The third kappa shape index (κ3) is 32.2. The number of rotatable bonds is 32. The van der Waals surface area contributed by atoms with Crippen molar-refractivity contribution in [2.45, 2.75) is 6.42 Å². The molecule has 0 aliphatic carbocycles. The number of hydrogen-bond acceptors (Lipinski definition) is 11. The van der Waals surface area contributed by atoms with E-state index in [0.29, 0.717) is 128 Å². The Bertz CT molecular complexity index is 548. The average Bonchev–Trinajstić information content (AvgIpc) is 2.86. The first-order chi connectivity index (χ1) is 19.5. The smallest absolute Gasteiger partial charge is 0.156 e. The number of nitrogens with zero attached hydrogens (tertiary/aromatic N) is 3. The second-order valence-electron chi connectivity index (χ2n) is 10.9. The van der Waals surface area contributed by atoms with Gasteiger partial charge in [-0.3, -0.25) is 0 Å². The van der Waals surface area contributed by atoms with Crippen LogP contribution < -0.4 is 0 Å². The summed E-state index contributed by atoms with van der Waals surface area (Å²) in [7, 11) is 15.3. The molecule has 0 bridgehead atoms. The Hall–Kier alpha value is -0.560. The zero-order chi connectivity index (χ0) is 30.7. The summed E-state index contributed by atoms with van der Waals surface area (Å²) in [6.45, 7) is 9.83. The van der Waals surface area contributed by atoms with Crippen LogP contribution in [0.2, 0.25) is 0 Å². The fourth-order valence-corrected chi connectivity index (χ4v) is 3.37. The highest BCUT2D eigenvalue weighted by Gasteiger charge is 2.40. The summed E-state index contributed by atoms with van der Waals surface area (Å²) in [6, 6.07) is 0. The summed E-state index contributed by atoms with van der Waals surface area (Å²) in [5.41, 5.74) is 0. The maximum absolute atomic E-state index is 6.08. The van der Waals surface area contributed by atoms with Crippen LogP contribution in [0.1, 0.15) is 6.42 Å². The first-order valence-electron chi connectivity index (χ1n) is 14.5. The molecular weight excluding hydrogens is 542 g/mol. The topological polar surface area (TPSA) is 102 Å². The molecule has 0 aliphatic rings. The van der Waals surface area contributed by atoms with Crippen LogP contribution in [0.4, 0.5) is 0 Å². The zero-order valence-electron chi connectivity index (χ0n) is 27.3. The van der Waals surface area contributed by atoms with Gasteiger partial charge in [-0.25, -0.2) is 0 Å². The van der Waals surface area contributed by atoms with Gasteiger partial charge in [0, 0.05) is 23.4 Å². The van der Waals surface area contributed by atoms with Gasteiger partial charge in [0.1, 0.15) is 49.3 Å². The van der Waals surface area contributed by atoms with Gasteiger partial charge in [-0.05, 0) is 0 Å². The molecule has 0 saturated carbocycles. The van der Waals surface area contributed by atoms with Crippen LogP contribution in [0.3, 0.4) is 0 Å². The van der Waals surface area contributed by atoms with Gasteiger partial charge >= 0.3 is 0 Å². The summed E-state index contributed by atoms with van der Waals surface area (Å²) in [6.07, 6.45) is 0.793. The molecular formula is C27H62N3O11+3. The van der Waals surface area contributed by atoms with Crippen molar-refractivity contribution in [1.29, 1.82) is 0 Å². The van der Waals surface area contributed by atoms with Crippen LogP contribution in [0, 0.1) is 0 Å². The van der Waals surface area contributed by atoms with Gasteiger partial charge in [0.05, 0.1) is 117 Å². The molecule has 0 amide bonds. The number of hydroxylamine groups is 10. The largest absolute Gasteiger partial charge is 0.382 e. The molecule has 0 heterocycles. The monoisotopic (exact) mass is 604 g/mol. The third-order valence-electron chi connectivity index (χ3n) is 4.72. The second kappa shape index (κ2) is 25.9. The fraction of sp³-hybridized carbons (Fsp3) is 1.00. The second-order valence-corrected chi connectivity index (χ2v) is 10.9. The lowest BCUT2D eigenvalue weighted by molar-refractivity contribution is -1.48. The SMILES string of the molecule is COCCOCCOCCOCCOCCOCCOCCOCCOCCC[N+](C)(O[N+](C)(C)C)O[N+](C)(C)C. The number of hydrogen-bond donors (Lipinski definition) is 0. The summed E-state index contributed by atoms with van der Waals surface area (Å²) in [5, 5.41) is 0. The average molecular weight is 605 g/mol. The maximum Gasteiger partial charge on any atom is 0.156 e. The van der Waals surface area contributed by atoms with Gasteiger partial charge < -0.3 is 42.6 Å². The lowest BCUT2D eigenvalue weighted by Gasteiger charge is -2.34. The molecule has 0 radical (unpaired) electrons. The van der Waals surface area contributed by atoms with E-state index in [9.17, 15) is 0 Å². The highest BCUT2D eigenvalue weighted by atomic mass is 17.1. The van der Waals surface area contributed by atoms with Gasteiger partial charge in [0.25, 0.3) is 0 Å². The van der Waals surface area contributed by atoms with Gasteiger partial charge in [-0.1, -0.05) is 0 Å². The third-order valence-corrected chi connectivity index (χ3v) is 4.72. The van der Waals surface area contributed by atoms with Crippen molar-refractivity contribution in [3.63, 3.8) is 0 Å². The summed E-state index contributed by atoms with van der Waals surface area (Å²) in [5.74, 6) is 0. The normalized spacial score (nSPS) is 12.9. The van der Waals surface area contributed by atoms with E-state index < -0.39 is 0 Å². The maximum atomic E-state index is 6.08. The van der Waals surface area contributed by atoms with Crippen molar-refractivity contribution in [2.75, 3.05) is 175 Å². The first kappa shape index (κ1) is 40.4. The van der Waals surface area contributed by atoms with E-state index in [4.69, 9.17) is 52.5 Å². The molecule has 0 aromatic carbocycles. The molecule has 0 rings (SSSR count). The van der Waals surface area contributed by atoms with Crippen molar-refractivity contribution in [2.24, 2.45) is 0 Å². The van der Waals surface area contributed by atoms with Crippen LogP contribution in [0.5, 0.6) is 0 Å². The van der Waals surface area contributed by atoms with Crippen LogP contribution in [0.15, 0.2) is 0 Å². The van der Waals surface area contributed by atoms with Gasteiger partial charge in [0.15, 0.2) is 6.54 Å². The van der Waals surface area contributed by atoms with E-state index in [1.54, 1.807) is 7.11 Å². The van der Waals surface area contributed by atoms with Crippen LogP contribution in [-0.2, 0) is 52.5 Å². The van der Waals surface area contributed by atoms with E-state index in [1.165, 1.54) is 0 Å². The minimum Gasteiger partial charge on any atom is -0.382 e. The summed E-state index contributed by atoms with van der Waals surface area (Å²) < 4.78 is 49.4. The highest BCUT2D eigenvalue weighted by molar-refractivity contribution is 4.38. The van der Waals surface area contributed by atoms with Gasteiger partial charge in [0.2, 0.25) is 0 Å². The molecule has 0 spiro atoms. The van der Waals surface area contributed by atoms with Crippen molar-refractivity contribution >= 4 is 0 Å². The van der Waals surface area contributed by atoms with Gasteiger partial charge in [-0.2, -0.15) is 0 Å². The first-order valence-corrected chi connectivity index (χ1v) is 14.5. The van der Waals surface area contributed by atoms with E-state index in [-0.39, 0.29) is 4.81 Å². The van der Waals surface area contributed by atoms with Crippen LogP contribution in [0.25, 0.3) is 0 Å². The Kier molecular flexibility index (Phi) is 25.5. The van der Waals surface area contributed by atoms with E-state index in [1.807, 2.05) is 49.3 Å². The molecule has 0 saturated heterocycles. The number of quaternary nitrogens is 3.